The Bertz CT molecular complexity index is 305. The summed E-state index contributed by atoms with van der Waals surface area (Å²) in [5.41, 5.74) is 6.32. The molecule has 1 aromatic rings. The van der Waals surface area contributed by atoms with Gasteiger partial charge < -0.3 is 15.2 Å². The second kappa shape index (κ2) is 6.67. The van der Waals surface area contributed by atoms with Gasteiger partial charge in [0.1, 0.15) is 5.75 Å². The monoisotopic (exact) mass is 229 g/mol. The van der Waals surface area contributed by atoms with Gasteiger partial charge >= 0.3 is 0 Å². The first-order chi connectivity index (χ1) is 7.27. The number of methoxy groups -OCH3 is 1. The van der Waals surface area contributed by atoms with Gasteiger partial charge in [0.25, 0.3) is 0 Å². The molecule has 84 valence electrons. The third-order valence-electron chi connectivity index (χ3n) is 1.99. The molecule has 0 heterocycles. The molecule has 0 aliphatic heterocycles. The van der Waals surface area contributed by atoms with Crippen LogP contribution in [-0.2, 0) is 11.3 Å². The Labute approximate surface area is 95.1 Å². The van der Waals surface area contributed by atoms with E-state index < -0.39 is 0 Å². The molecular weight excluding hydrogens is 214 g/mol. The average Bonchev–Trinajstić information content (AvgIpc) is 2.25. The molecule has 0 radical (unpaired) electrons. The molecule has 0 unspecified atom stereocenters. The van der Waals surface area contributed by atoms with Crippen molar-refractivity contribution in [3.8, 4) is 5.75 Å². The van der Waals surface area contributed by atoms with Gasteiger partial charge in [-0.1, -0.05) is 11.6 Å². The summed E-state index contributed by atoms with van der Waals surface area (Å²) in [4.78, 5) is 0. The number of ether oxygens (including phenoxy) is 2. The maximum absolute atomic E-state index is 5.88. The standard InChI is InChI=1S/C11H16ClNO2/c1-14-11-4-3-10(12)7-9(11)8-15-6-2-5-13/h3-4,7H,2,5-6,8,13H2,1H3. The minimum absolute atomic E-state index is 0.504. The lowest BCUT2D eigenvalue weighted by Gasteiger charge is -2.09. The summed E-state index contributed by atoms with van der Waals surface area (Å²) in [6.45, 7) is 1.81. The number of rotatable bonds is 6. The van der Waals surface area contributed by atoms with E-state index in [4.69, 9.17) is 26.8 Å². The van der Waals surface area contributed by atoms with Crippen LogP contribution in [0.1, 0.15) is 12.0 Å². The number of nitrogens with two attached hydrogens (primary N) is 1. The molecule has 0 atom stereocenters. The summed E-state index contributed by atoms with van der Waals surface area (Å²) in [7, 11) is 1.63. The van der Waals surface area contributed by atoms with E-state index in [0.717, 1.165) is 17.7 Å². The van der Waals surface area contributed by atoms with E-state index in [9.17, 15) is 0 Å². The number of benzene rings is 1. The molecule has 0 aliphatic rings. The summed E-state index contributed by atoms with van der Waals surface area (Å²) in [5, 5.41) is 0.688. The Morgan fingerprint density at radius 1 is 1.40 bits per heavy atom. The van der Waals surface area contributed by atoms with Crippen LogP contribution in [0.4, 0.5) is 0 Å². The lowest BCUT2D eigenvalue weighted by atomic mass is 10.2. The SMILES string of the molecule is COc1ccc(Cl)cc1COCCCN. The van der Waals surface area contributed by atoms with E-state index in [1.807, 2.05) is 12.1 Å². The van der Waals surface area contributed by atoms with Crippen molar-refractivity contribution in [2.24, 2.45) is 5.73 Å². The fourth-order valence-electron chi connectivity index (χ4n) is 1.23. The summed E-state index contributed by atoms with van der Waals surface area (Å²) in [6.07, 6.45) is 0.864. The van der Waals surface area contributed by atoms with Crippen molar-refractivity contribution in [2.45, 2.75) is 13.0 Å². The van der Waals surface area contributed by atoms with Crippen molar-refractivity contribution in [3.63, 3.8) is 0 Å². The van der Waals surface area contributed by atoms with Gasteiger partial charge in [0.15, 0.2) is 0 Å². The molecule has 15 heavy (non-hydrogen) atoms. The second-order valence-electron chi connectivity index (χ2n) is 3.15. The van der Waals surface area contributed by atoms with Crippen LogP contribution >= 0.6 is 11.6 Å². The third-order valence-corrected chi connectivity index (χ3v) is 2.23. The quantitative estimate of drug-likeness (QED) is 0.761. The maximum Gasteiger partial charge on any atom is 0.124 e. The van der Waals surface area contributed by atoms with Gasteiger partial charge in [-0.15, -0.1) is 0 Å². The van der Waals surface area contributed by atoms with Crippen molar-refractivity contribution in [3.05, 3.63) is 28.8 Å². The smallest absolute Gasteiger partial charge is 0.124 e. The minimum Gasteiger partial charge on any atom is -0.496 e. The second-order valence-corrected chi connectivity index (χ2v) is 3.59. The molecule has 1 aromatic carbocycles. The van der Waals surface area contributed by atoms with Crippen LogP contribution in [0.5, 0.6) is 5.75 Å². The van der Waals surface area contributed by atoms with Crippen LogP contribution < -0.4 is 10.5 Å². The van der Waals surface area contributed by atoms with Crippen LogP contribution in [0.15, 0.2) is 18.2 Å². The molecule has 0 saturated heterocycles. The van der Waals surface area contributed by atoms with E-state index in [-0.39, 0.29) is 0 Å². The Hall–Kier alpha value is -0.770. The van der Waals surface area contributed by atoms with Crippen molar-refractivity contribution < 1.29 is 9.47 Å². The van der Waals surface area contributed by atoms with Gasteiger partial charge in [-0.2, -0.15) is 0 Å². The van der Waals surface area contributed by atoms with Crippen LogP contribution in [0.3, 0.4) is 0 Å². The predicted molar refractivity (Wildman–Crippen MR) is 61.3 cm³/mol. The van der Waals surface area contributed by atoms with E-state index in [0.29, 0.717) is 24.8 Å². The topological polar surface area (TPSA) is 44.5 Å². The fourth-order valence-corrected chi connectivity index (χ4v) is 1.42. The summed E-state index contributed by atoms with van der Waals surface area (Å²) >= 11 is 5.88. The molecule has 0 amide bonds. The Balaban J connectivity index is 2.54. The predicted octanol–water partition coefficient (Wildman–Crippen LogP) is 2.21. The number of hydrogen-bond donors (Lipinski definition) is 1. The first-order valence-corrected chi connectivity index (χ1v) is 5.26. The molecular formula is C11H16ClNO2. The zero-order chi connectivity index (χ0) is 11.1. The molecule has 1 rings (SSSR count). The van der Waals surface area contributed by atoms with Crippen molar-refractivity contribution in [1.82, 2.24) is 0 Å². The highest BCUT2D eigenvalue weighted by Gasteiger charge is 2.03. The summed E-state index contributed by atoms with van der Waals surface area (Å²) in [5.74, 6) is 0.798. The first kappa shape index (κ1) is 12.3. The Kier molecular flexibility index (Phi) is 5.47. The lowest BCUT2D eigenvalue weighted by Crippen LogP contribution is -2.04. The van der Waals surface area contributed by atoms with E-state index in [1.54, 1.807) is 13.2 Å². The first-order valence-electron chi connectivity index (χ1n) is 4.88. The minimum atomic E-state index is 0.504. The third kappa shape index (κ3) is 4.08. The lowest BCUT2D eigenvalue weighted by molar-refractivity contribution is 0.118. The molecule has 0 aromatic heterocycles. The molecule has 0 saturated carbocycles. The molecule has 0 bridgehead atoms. The van der Waals surface area contributed by atoms with Crippen LogP contribution in [0.2, 0.25) is 5.02 Å². The summed E-state index contributed by atoms with van der Waals surface area (Å²) < 4.78 is 10.6. The van der Waals surface area contributed by atoms with Gasteiger partial charge in [-0.3, -0.25) is 0 Å². The van der Waals surface area contributed by atoms with Gasteiger partial charge in [0, 0.05) is 17.2 Å². The van der Waals surface area contributed by atoms with Crippen molar-refractivity contribution in [2.75, 3.05) is 20.3 Å². The van der Waals surface area contributed by atoms with Crippen LogP contribution in [-0.4, -0.2) is 20.3 Å². The van der Waals surface area contributed by atoms with Gasteiger partial charge in [-0.25, -0.2) is 0 Å². The van der Waals surface area contributed by atoms with Crippen molar-refractivity contribution >= 4 is 11.6 Å². The van der Waals surface area contributed by atoms with Gasteiger partial charge in [-0.05, 0) is 31.2 Å². The van der Waals surface area contributed by atoms with E-state index >= 15 is 0 Å². The highest BCUT2D eigenvalue weighted by atomic mass is 35.5. The molecule has 0 spiro atoms. The van der Waals surface area contributed by atoms with Gasteiger partial charge in [0.05, 0.1) is 13.7 Å². The highest BCUT2D eigenvalue weighted by molar-refractivity contribution is 6.30. The van der Waals surface area contributed by atoms with Crippen LogP contribution in [0.25, 0.3) is 0 Å². The van der Waals surface area contributed by atoms with E-state index in [1.165, 1.54) is 0 Å². The zero-order valence-electron chi connectivity index (χ0n) is 8.83. The molecule has 0 aliphatic carbocycles. The Morgan fingerprint density at radius 2 is 2.20 bits per heavy atom. The number of hydrogen-bond acceptors (Lipinski definition) is 3. The highest BCUT2D eigenvalue weighted by Crippen LogP contribution is 2.23. The average molecular weight is 230 g/mol. The van der Waals surface area contributed by atoms with Crippen molar-refractivity contribution in [1.29, 1.82) is 0 Å². The molecule has 3 nitrogen and oxygen atoms in total. The molecule has 2 N–H and O–H groups in total. The normalized spacial score (nSPS) is 10.3. The van der Waals surface area contributed by atoms with E-state index in [2.05, 4.69) is 0 Å². The van der Waals surface area contributed by atoms with Gasteiger partial charge in [0.2, 0.25) is 0 Å². The Morgan fingerprint density at radius 3 is 2.87 bits per heavy atom. The number of halogens is 1. The van der Waals surface area contributed by atoms with Crippen LogP contribution in [0, 0.1) is 0 Å². The molecule has 0 fully saturated rings. The largest absolute Gasteiger partial charge is 0.496 e. The zero-order valence-corrected chi connectivity index (χ0v) is 9.59. The summed E-state index contributed by atoms with van der Waals surface area (Å²) in [6, 6.07) is 5.48. The molecule has 4 heteroatoms. The maximum atomic E-state index is 5.88. The fraction of sp³-hybridized carbons (Fsp3) is 0.455.